The molecule has 5 rings (SSSR count). The monoisotopic (exact) mass is 747 g/mol. The van der Waals surface area contributed by atoms with Gasteiger partial charge in [0, 0.05) is 48.1 Å². The number of hydrogen-bond acceptors (Lipinski definition) is 7. The Balaban J connectivity index is 1.40. The Morgan fingerprint density at radius 1 is 0.962 bits per heavy atom. The van der Waals surface area contributed by atoms with E-state index in [1.165, 1.54) is 19.9 Å². The van der Waals surface area contributed by atoms with E-state index in [4.69, 9.17) is 0 Å². The van der Waals surface area contributed by atoms with Crippen molar-refractivity contribution >= 4 is 44.5 Å². The molecule has 3 amide bonds. The summed E-state index contributed by atoms with van der Waals surface area (Å²) < 4.78 is 24.5. The van der Waals surface area contributed by atoms with E-state index in [9.17, 15) is 27.9 Å². The smallest absolute Gasteiger partial charge is 0.244 e. The predicted octanol–water partition coefficient (Wildman–Crippen LogP) is 4.37. The van der Waals surface area contributed by atoms with Gasteiger partial charge in [-0.15, -0.1) is 0 Å². The van der Waals surface area contributed by atoms with Gasteiger partial charge in [-0.2, -0.15) is 0 Å². The molecule has 0 bridgehead atoms. The number of β-amino-alcohol motifs (C(OH)–C–C–N with tert-alkyl or cyclic N) is 1. The van der Waals surface area contributed by atoms with Gasteiger partial charge in [0.25, 0.3) is 0 Å². The molecule has 1 aromatic heterocycles. The molecule has 1 saturated carbocycles. The maximum Gasteiger partial charge on any atom is 0.244 e. The second-order valence-electron chi connectivity index (χ2n) is 16.6. The van der Waals surface area contributed by atoms with Gasteiger partial charge in [0.15, 0.2) is 9.84 Å². The van der Waals surface area contributed by atoms with Crippen molar-refractivity contribution < 1.29 is 27.9 Å². The number of aromatic amines is 1. The molecule has 1 aliphatic heterocycles. The van der Waals surface area contributed by atoms with Gasteiger partial charge in [-0.3, -0.25) is 19.3 Å². The van der Waals surface area contributed by atoms with Crippen LogP contribution in [0.1, 0.15) is 77.8 Å². The van der Waals surface area contributed by atoms with Crippen LogP contribution in [0.3, 0.4) is 0 Å². The first-order valence-corrected chi connectivity index (χ1v) is 20.6. The Morgan fingerprint density at radius 2 is 1.62 bits per heavy atom. The third kappa shape index (κ3) is 10.2. The SMILES string of the molecule is CC(C)(C)NC(=O)[C@@H]1C[C@@H]2CCCC[C@@H]2CN1C[C@@H](O)[C@H](Cc1ccccc1)NC(=O)[C@@H](NC(=O)C=Cc1c[nH]c2ccccc12)C(C)(C)S(C)(=O)=O. The molecule has 2 aromatic carbocycles. The normalized spacial score (nSPS) is 21.8. The third-order valence-electron chi connectivity index (χ3n) is 11.1. The first kappa shape index (κ1) is 40.2. The first-order chi connectivity index (χ1) is 24.9. The van der Waals surface area contributed by atoms with Crippen LogP contribution in [0.5, 0.6) is 0 Å². The average Bonchev–Trinajstić information content (AvgIpc) is 3.51. The summed E-state index contributed by atoms with van der Waals surface area (Å²) in [5.74, 6) is -0.585. The maximum absolute atomic E-state index is 14.3. The number of carbonyl (C=O) groups is 3. The van der Waals surface area contributed by atoms with E-state index in [1.807, 2.05) is 75.4 Å². The molecule has 2 aliphatic rings. The van der Waals surface area contributed by atoms with E-state index in [0.29, 0.717) is 24.8 Å². The van der Waals surface area contributed by atoms with Crippen LogP contribution in [0.2, 0.25) is 0 Å². The van der Waals surface area contributed by atoms with Crippen LogP contribution in [0.4, 0.5) is 0 Å². The third-order valence-corrected chi connectivity index (χ3v) is 13.2. The number of amides is 3. The molecule has 2 heterocycles. The summed E-state index contributed by atoms with van der Waals surface area (Å²) in [5.41, 5.74) is 2.09. The van der Waals surface area contributed by atoms with Gasteiger partial charge in [0.05, 0.1) is 22.9 Å². The average molecular weight is 748 g/mol. The number of sulfone groups is 1. The van der Waals surface area contributed by atoms with Crippen molar-refractivity contribution in [1.82, 2.24) is 25.8 Å². The molecule has 1 aliphatic carbocycles. The standard InChI is InChI=1S/C41H57N5O6S/c1-40(2,3)45-38(49)34-23-28-16-10-11-17-30(28)25-46(34)26-35(47)33(22-27-14-8-7-9-15-27)43-39(50)37(41(4,5)53(6,51)52)44-36(48)21-20-29-24-42-32-19-13-12-18-31(29)32/h7-9,12-15,18-21,24,28,30,33-35,37,42,47H,10-11,16-17,22-23,25-26H2,1-6H3,(H,43,50)(H,44,48)(H,45,49)/t28-,30+,33-,34-,35+,37+/m0/s1. The largest absolute Gasteiger partial charge is 0.390 e. The van der Waals surface area contributed by atoms with Crippen LogP contribution < -0.4 is 16.0 Å². The van der Waals surface area contributed by atoms with Crippen molar-refractivity contribution in [2.45, 2.75) is 108 Å². The molecule has 0 unspecified atom stereocenters. The van der Waals surface area contributed by atoms with Gasteiger partial charge < -0.3 is 26.0 Å². The van der Waals surface area contributed by atoms with Crippen molar-refractivity contribution in [2.24, 2.45) is 11.8 Å². The van der Waals surface area contributed by atoms with Crippen LogP contribution in [-0.4, -0.2) is 95.0 Å². The Morgan fingerprint density at radius 3 is 2.30 bits per heavy atom. The molecular formula is C41H57N5O6S. The molecule has 3 aromatic rings. The predicted molar refractivity (Wildman–Crippen MR) is 210 cm³/mol. The van der Waals surface area contributed by atoms with Crippen LogP contribution in [0.25, 0.3) is 17.0 Å². The topological polar surface area (TPSA) is 161 Å². The highest BCUT2D eigenvalue weighted by atomic mass is 32.2. The summed E-state index contributed by atoms with van der Waals surface area (Å²) in [6.07, 6.45) is 9.99. The zero-order valence-electron chi connectivity index (χ0n) is 31.9. The van der Waals surface area contributed by atoms with Gasteiger partial charge in [-0.05, 0) is 89.0 Å². The molecule has 288 valence electrons. The number of likely N-dealkylation sites (tertiary alicyclic amines) is 1. The summed E-state index contributed by atoms with van der Waals surface area (Å²) in [4.78, 5) is 46.6. The highest BCUT2D eigenvalue weighted by molar-refractivity contribution is 7.92. The Labute approximate surface area is 314 Å². The lowest BCUT2D eigenvalue weighted by atomic mass is 9.72. The number of piperidine rings is 1. The first-order valence-electron chi connectivity index (χ1n) is 18.8. The quantitative estimate of drug-likeness (QED) is 0.162. The van der Waals surface area contributed by atoms with Gasteiger partial charge in [0.1, 0.15) is 6.04 Å². The summed E-state index contributed by atoms with van der Waals surface area (Å²) in [6.45, 7) is 9.46. The number of rotatable bonds is 13. The number of benzene rings is 2. The van der Waals surface area contributed by atoms with E-state index in [1.54, 1.807) is 12.3 Å². The van der Waals surface area contributed by atoms with Crippen molar-refractivity contribution in [1.29, 1.82) is 0 Å². The summed E-state index contributed by atoms with van der Waals surface area (Å²) in [6, 6.07) is 14.3. The fraction of sp³-hybridized carbons (Fsp3) is 0.537. The second-order valence-corrected chi connectivity index (χ2v) is 19.2. The van der Waals surface area contributed by atoms with Gasteiger partial charge in [-0.25, -0.2) is 8.42 Å². The Hall–Kier alpha value is -4.00. The summed E-state index contributed by atoms with van der Waals surface area (Å²) in [5, 5.41) is 21.7. The number of hydrogen-bond donors (Lipinski definition) is 5. The van der Waals surface area contributed by atoms with Crippen LogP contribution in [0, 0.1) is 11.8 Å². The fourth-order valence-corrected chi connectivity index (χ4v) is 8.36. The molecule has 0 spiro atoms. The number of aromatic nitrogens is 1. The number of aliphatic hydroxyl groups excluding tert-OH is 1. The second kappa shape index (κ2) is 16.6. The summed E-state index contributed by atoms with van der Waals surface area (Å²) >= 11 is 0. The minimum Gasteiger partial charge on any atom is -0.390 e. The van der Waals surface area contributed by atoms with Gasteiger partial charge >= 0.3 is 0 Å². The molecule has 12 heteroatoms. The minimum atomic E-state index is -3.88. The summed E-state index contributed by atoms with van der Waals surface area (Å²) in [7, 11) is -3.88. The van der Waals surface area contributed by atoms with E-state index in [0.717, 1.165) is 54.0 Å². The lowest BCUT2D eigenvalue weighted by Gasteiger charge is -2.47. The van der Waals surface area contributed by atoms with Crippen LogP contribution in [-0.2, 0) is 30.6 Å². The van der Waals surface area contributed by atoms with Crippen LogP contribution >= 0.6 is 0 Å². The number of aliphatic hydroxyl groups is 1. The van der Waals surface area contributed by atoms with Crippen LogP contribution in [0.15, 0.2) is 66.9 Å². The van der Waals surface area contributed by atoms with Gasteiger partial charge in [0.2, 0.25) is 17.7 Å². The molecule has 6 atom stereocenters. The van der Waals surface area contributed by atoms with Crippen molar-refractivity contribution in [3.63, 3.8) is 0 Å². The maximum atomic E-state index is 14.3. The van der Waals surface area contributed by atoms with Crippen molar-refractivity contribution in [2.75, 3.05) is 19.3 Å². The lowest BCUT2D eigenvalue weighted by Crippen LogP contribution is -2.64. The molecule has 2 fully saturated rings. The van der Waals surface area contributed by atoms with E-state index < -0.39 is 56.2 Å². The van der Waals surface area contributed by atoms with Crippen molar-refractivity contribution in [3.8, 4) is 0 Å². The molecule has 53 heavy (non-hydrogen) atoms. The number of para-hydroxylation sites is 1. The van der Waals surface area contributed by atoms with Crippen molar-refractivity contribution in [3.05, 3.63) is 78.0 Å². The fourth-order valence-electron chi connectivity index (χ4n) is 7.77. The molecule has 11 nitrogen and oxygen atoms in total. The van der Waals surface area contributed by atoms with E-state index in [-0.39, 0.29) is 18.9 Å². The van der Waals surface area contributed by atoms with Gasteiger partial charge in [-0.1, -0.05) is 67.8 Å². The number of carbonyl (C=O) groups excluding carboxylic acids is 3. The minimum absolute atomic E-state index is 0.0734. The Kier molecular flexibility index (Phi) is 12.6. The molecule has 5 N–H and O–H groups in total. The number of H-pyrrole nitrogens is 1. The Bertz CT molecular complexity index is 1880. The number of nitrogens with zero attached hydrogens (tertiary/aromatic N) is 1. The number of fused-ring (bicyclic) bond motifs is 2. The highest BCUT2D eigenvalue weighted by Crippen LogP contribution is 2.39. The van der Waals surface area contributed by atoms with E-state index >= 15 is 0 Å². The molecule has 0 radical (unpaired) electrons. The van der Waals surface area contributed by atoms with E-state index in [2.05, 4.69) is 25.8 Å². The number of nitrogens with one attached hydrogen (secondary N) is 4. The zero-order chi connectivity index (χ0) is 38.6. The highest BCUT2D eigenvalue weighted by Gasteiger charge is 2.46. The lowest BCUT2D eigenvalue weighted by molar-refractivity contribution is -0.133. The zero-order valence-corrected chi connectivity index (χ0v) is 32.7. The molecule has 1 saturated heterocycles. The molecular weight excluding hydrogens is 691 g/mol.